The summed E-state index contributed by atoms with van der Waals surface area (Å²) >= 11 is 0. The van der Waals surface area contributed by atoms with Crippen LogP contribution < -0.4 is 10.6 Å². The summed E-state index contributed by atoms with van der Waals surface area (Å²) in [5.74, 6) is 0. The molecule has 0 radical (unpaired) electrons. The van der Waals surface area contributed by atoms with Gasteiger partial charge < -0.3 is 10.6 Å². The van der Waals surface area contributed by atoms with Gasteiger partial charge in [-0.05, 0) is 19.9 Å². The van der Waals surface area contributed by atoms with Crippen LogP contribution in [0, 0.1) is 6.92 Å². The third kappa shape index (κ3) is 1.83. The van der Waals surface area contributed by atoms with Crippen LogP contribution in [0.5, 0.6) is 0 Å². The van der Waals surface area contributed by atoms with Gasteiger partial charge in [-0.2, -0.15) is 5.10 Å². The molecular formula is C9H16N4. The normalized spacial score (nSPS) is 22.2. The molecule has 1 unspecified atom stereocenters. The fourth-order valence-corrected chi connectivity index (χ4v) is 1.74. The maximum atomic E-state index is 4.29. The van der Waals surface area contributed by atoms with E-state index >= 15 is 0 Å². The Balaban J connectivity index is 2.03. The van der Waals surface area contributed by atoms with E-state index in [4.69, 9.17) is 0 Å². The van der Waals surface area contributed by atoms with Gasteiger partial charge in [0.05, 0.1) is 11.4 Å². The van der Waals surface area contributed by atoms with Crippen molar-refractivity contribution in [3.63, 3.8) is 0 Å². The molecule has 1 aromatic heterocycles. The lowest BCUT2D eigenvalue weighted by Crippen LogP contribution is -2.22. The van der Waals surface area contributed by atoms with Crippen molar-refractivity contribution in [3.05, 3.63) is 11.9 Å². The molecule has 2 N–H and O–H groups in total. The Morgan fingerprint density at radius 3 is 3.08 bits per heavy atom. The third-order valence-corrected chi connectivity index (χ3v) is 2.43. The highest BCUT2D eigenvalue weighted by Crippen LogP contribution is 2.14. The molecule has 0 bridgehead atoms. The fourth-order valence-electron chi connectivity index (χ4n) is 1.74. The number of aromatic nitrogens is 2. The average molecular weight is 180 g/mol. The lowest BCUT2D eigenvalue weighted by atomic mass is 10.2. The van der Waals surface area contributed by atoms with E-state index in [0.717, 1.165) is 24.5 Å². The van der Waals surface area contributed by atoms with Gasteiger partial charge in [-0.1, -0.05) is 0 Å². The second kappa shape index (κ2) is 3.38. The highest BCUT2D eigenvalue weighted by molar-refractivity contribution is 5.46. The molecule has 2 rings (SSSR count). The zero-order valence-electron chi connectivity index (χ0n) is 8.17. The van der Waals surface area contributed by atoms with Crippen LogP contribution in [0.1, 0.15) is 12.1 Å². The lowest BCUT2D eigenvalue weighted by molar-refractivity contribution is 0.756. The molecule has 0 amide bonds. The third-order valence-electron chi connectivity index (χ3n) is 2.43. The number of aryl methyl sites for hydroxylation is 2. The van der Waals surface area contributed by atoms with Crippen LogP contribution >= 0.6 is 0 Å². The standard InChI is InChI=1S/C9H16N4/c1-7-9(6-13(2)12-7)11-8-3-4-10-5-8/h6,8,10-11H,3-5H2,1-2H3. The van der Waals surface area contributed by atoms with Crippen molar-refractivity contribution in [2.24, 2.45) is 7.05 Å². The van der Waals surface area contributed by atoms with Gasteiger partial charge in [0.15, 0.2) is 0 Å². The van der Waals surface area contributed by atoms with E-state index in [1.54, 1.807) is 0 Å². The first-order valence-corrected chi connectivity index (χ1v) is 4.73. The van der Waals surface area contributed by atoms with Crippen LogP contribution in [0.25, 0.3) is 0 Å². The number of nitrogens with one attached hydrogen (secondary N) is 2. The highest BCUT2D eigenvalue weighted by atomic mass is 15.3. The van der Waals surface area contributed by atoms with E-state index in [9.17, 15) is 0 Å². The van der Waals surface area contributed by atoms with E-state index in [0.29, 0.717) is 6.04 Å². The maximum Gasteiger partial charge on any atom is 0.0825 e. The van der Waals surface area contributed by atoms with Gasteiger partial charge in [-0.15, -0.1) is 0 Å². The first kappa shape index (κ1) is 8.56. The molecule has 1 aromatic rings. The molecule has 1 aliphatic rings. The van der Waals surface area contributed by atoms with Crippen LogP contribution in [0.4, 0.5) is 5.69 Å². The molecule has 0 aromatic carbocycles. The molecule has 1 aliphatic heterocycles. The van der Waals surface area contributed by atoms with Gasteiger partial charge in [0.2, 0.25) is 0 Å². The van der Waals surface area contributed by atoms with E-state index < -0.39 is 0 Å². The van der Waals surface area contributed by atoms with Gasteiger partial charge in [-0.3, -0.25) is 4.68 Å². The monoisotopic (exact) mass is 180 g/mol. The summed E-state index contributed by atoms with van der Waals surface area (Å²) in [5, 5.41) is 11.1. The average Bonchev–Trinajstić information content (AvgIpc) is 2.63. The molecule has 13 heavy (non-hydrogen) atoms. The molecule has 0 aliphatic carbocycles. The summed E-state index contributed by atoms with van der Waals surface area (Å²) in [6.45, 7) is 4.22. The molecule has 2 heterocycles. The van der Waals surface area contributed by atoms with Gasteiger partial charge in [0.25, 0.3) is 0 Å². The molecule has 1 fully saturated rings. The van der Waals surface area contributed by atoms with Gasteiger partial charge >= 0.3 is 0 Å². The van der Waals surface area contributed by atoms with Crippen molar-refractivity contribution in [1.82, 2.24) is 15.1 Å². The Kier molecular flexibility index (Phi) is 2.22. The molecule has 1 atom stereocenters. The number of hydrogen-bond acceptors (Lipinski definition) is 3. The Morgan fingerprint density at radius 1 is 1.69 bits per heavy atom. The molecular weight excluding hydrogens is 164 g/mol. The fraction of sp³-hybridized carbons (Fsp3) is 0.667. The van der Waals surface area contributed by atoms with E-state index in [2.05, 4.69) is 15.7 Å². The molecule has 4 nitrogen and oxygen atoms in total. The minimum absolute atomic E-state index is 0.572. The predicted molar refractivity (Wildman–Crippen MR) is 52.8 cm³/mol. The second-order valence-corrected chi connectivity index (χ2v) is 3.64. The van der Waals surface area contributed by atoms with Crippen molar-refractivity contribution in [1.29, 1.82) is 0 Å². The van der Waals surface area contributed by atoms with Crippen molar-refractivity contribution < 1.29 is 0 Å². The Morgan fingerprint density at radius 2 is 2.54 bits per heavy atom. The predicted octanol–water partition coefficient (Wildman–Crippen LogP) is 0.502. The molecule has 0 spiro atoms. The van der Waals surface area contributed by atoms with Gasteiger partial charge in [-0.25, -0.2) is 0 Å². The number of anilines is 1. The lowest BCUT2D eigenvalue weighted by Gasteiger charge is -2.10. The topological polar surface area (TPSA) is 41.9 Å². The zero-order chi connectivity index (χ0) is 9.26. The number of nitrogens with zero attached hydrogens (tertiary/aromatic N) is 2. The van der Waals surface area contributed by atoms with Crippen LogP contribution in [0.15, 0.2) is 6.20 Å². The SMILES string of the molecule is Cc1nn(C)cc1NC1CCNC1. The number of hydrogen-bond donors (Lipinski definition) is 2. The molecule has 0 saturated carbocycles. The minimum Gasteiger partial charge on any atom is -0.378 e. The molecule has 1 saturated heterocycles. The smallest absolute Gasteiger partial charge is 0.0825 e. The van der Waals surface area contributed by atoms with Crippen molar-refractivity contribution in [2.45, 2.75) is 19.4 Å². The molecule has 4 heteroatoms. The van der Waals surface area contributed by atoms with Crippen LogP contribution in [-0.4, -0.2) is 28.9 Å². The summed E-state index contributed by atoms with van der Waals surface area (Å²) in [5.41, 5.74) is 2.24. The van der Waals surface area contributed by atoms with E-state index in [1.165, 1.54) is 6.42 Å². The molecule has 72 valence electrons. The van der Waals surface area contributed by atoms with Crippen molar-refractivity contribution >= 4 is 5.69 Å². The van der Waals surface area contributed by atoms with E-state index in [1.807, 2.05) is 24.9 Å². The van der Waals surface area contributed by atoms with E-state index in [-0.39, 0.29) is 0 Å². The maximum absolute atomic E-state index is 4.29. The number of rotatable bonds is 2. The quantitative estimate of drug-likeness (QED) is 0.696. The Hall–Kier alpha value is -1.03. The largest absolute Gasteiger partial charge is 0.378 e. The highest BCUT2D eigenvalue weighted by Gasteiger charge is 2.15. The first-order chi connectivity index (χ1) is 6.25. The Bertz CT molecular complexity index is 286. The van der Waals surface area contributed by atoms with Gasteiger partial charge in [0.1, 0.15) is 0 Å². The summed E-state index contributed by atoms with van der Waals surface area (Å²) in [4.78, 5) is 0. The summed E-state index contributed by atoms with van der Waals surface area (Å²) in [7, 11) is 1.95. The summed E-state index contributed by atoms with van der Waals surface area (Å²) in [6, 6.07) is 0.572. The zero-order valence-corrected chi connectivity index (χ0v) is 8.17. The Labute approximate surface area is 78.3 Å². The van der Waals surface area contributed by atoms with Gasteiger partial charge in [0, 0.05) is 25.8 Å². The van der Waals surface area contributed by atoms with Crippen molar-refractivity contribution in [2.75, 3.05) is 18.4 Å². The van der Waals surface area contributed by atoms with Crippen LogP contribution in [0.3, 0.4) is 0 Å². The second-order valence-electron chi connectivity index (χ2n) is 3.64. The van der Waals surface area contributed by atoms with Crippen LogP contribution in [0.2, 0.25) is 0 Å². The minimum atomic E-state index is 0.572. The van der Waals surface area contributed by atoms with Crippen LogP contribution in [-0.2, 0) is 7.05 Å². The van der Waals surface area contributed by atoms with Crippen molar-refractivity contribution in [3.8, 4) is 0 Å². The first-order valence-electron chi connectivity index (χ1n) is 4.73. The summed E-state index contributed by atoms with van der Waals surface area (Å²) in [6.07, 6.45) is 3.24. The summed E-state index contributed by atoms with van der Waals surface area (Å²) < 4.78 is 1.85.